The standard InChI is InChI=1S/C51H31N5O/c1-3-14-32(15-4-1)34-27-29-45-41(30-34)38-20-9-12-24-44(38)56(45)51-53-49(33-16-5-2-6-17-33)52-50(54-51)35-26-28-39-40-21-13-25-46(48(40)57-47(39)31-35)55-42-22-10-7-18-36(42)37-19-8-11-23-43(37)55/h1-31H. The van der Waals surface area contributed by atoms with Gasteiger partial charge < -0.3 is 8.98 Å². The Morgan fingerprint density at radius 1 is 0.333 bits per heavy atom. The molecule has 0 atom stereocenters. The molecule has 0 aliphatic rings. The summed E-state index contributed by atoms with van der Waals surface area (Å²) in [7, 11) is 0. The topological polar surface area (TPSA) is 61.7 Å². The van der Waals surface area contributed by atoms with Crippen LogP contribution in [0.5, 0.6) is 0 Å². The van der Waals surface area contributed by atoms with Crippen LogP contribution < -0.4 is 0 Å². The van der Waals surface area contributed by atoms with E-state index in [0.717, 1.165) is 77.2 Å². The van der Waals surface area contributed by atoms with Crippen LogP contribution in [0.25, 0.3) is 111 Å². The number of rotatable bonds is 5. The van der Waals surface area contributed by atoms with Gasteiger partial charge in [0.05, 0.1) is 27.8 Å². The zero-order valence-electron chi connectivity index (χ0n) is 30.5. The highest BCUT2D eigenvalue weighted by molar-refractivity contribution is 6.13. The van der Waals surface area contributed by atoms with Crippen molar-refractivity contribution >= 4 is 65.6 Å². The third kappa shape index (κ3) is 4.87. The van der Waals surface area contributed by atoms with Crippen LogP contribution in [0, 0.1) is 0 Å². The summed E-state index contributed by atoms with van der Waals surface area (Å²) in [5.41, 5.74) is 11.0. The molecule has 4 heterocycles. The van der Waals surface area contributed by atoms with Crippen LogP contribution in [0.3, 0.4) is 0 Å². The van der Waals surface area contributed by atoms with E-state index in [1.54, 1.807) is 0 Å². The Hall–Kier alpha value is -7.83. The first-order valence-electron chi connectivity index (χ1n) is 19.1. The van der Waals surface area contributed by atoms with Crippen LogP contribution >= 0.6 is 0 Å². The van der Waals surface area contributed by atoms with Gasteiger partial charge in [-0.05, 0) is 59.7 Å². The predicted octanol–water partition coefficient (Wildman–Crippen LogP) is 13.0. The summed E-state index contributed by atoms with van der Waals surface area (Å²) in [5.74, 6) is 1.72. The van der Waals surface area contributed by atoms with Crippen LogP contribution in [0.1, 0.15) is 0 Å². The smallest absolute Gasteiger partial charge is 0.238 e. The van der Waals surface area contributed by atoms with Crippen LogP contribution in [-0.2, 0) is 0 Å². The molecule has 0 amide bonds. The fourth-order valence-corrected chi connectivity index (χ4v) is 8.59. The van der Waals surface area contributed by atoms with Crippen molar-refractivity contribution in [3.05, 3.63) is 188 Å². The van der Waals surface area contributed by atoms with Crippen LogP contribution in [0.15, 0.2) is 192 Å². The van der Waals surface area contributed by atoms with Crippen molar-refractivity contribution in [2.75, 3.05) is 0 Å². The number of fused-ring (bicyclic) bond motifs is 9. The summed E-state index contributed by atoms with van der Waals surface area (Å²) >= 11 is 0. The average molecular weight is 730 g/mol. The monoisotopic (exact) mass is 729 g/mol. The van der Waals surface area contributed by atoms with Gasteiger partial charge in [0.2, 0.25) is 5.95 Å². The molecule has 0 saturated heterocycles. The number of nitrogens with zero attached hydrogens (tertiary/aromatic N) is 5. The van der Waals surface area contributed by atoms with Gasteiger partial charge in [0.1, 0.15) is 5.58 Å². The highest BCUT2D eigenvalue weighted by Crippen LogP contribution is 2.40. The molecule has 0 fully saturated rings. The molecule has 57 heavy (non-hydrogen) atoms. The lowest BCUT2D eigenvalue weighted by Gasteiger charge is -2.11. The van der Waals surface area contributed by atoms with Gasteiger partial charge in [-0.2, -0.15) is 9.97 Å². The minimum Gasteiger partial charge on any atom is -0.454 e. The van der Waals surface area contributed by atoms with Crippen molar-refractivity contribution in [2.45, 2.75) is 0 Å². The van der Waals surface area contributed by atoms with E-state index in [0.29, 0.717) is 17.6 Å². The summed E-state index contributed by atoms with van der Waals surface area (Å²) in [6.07, 6.45) is 0. The first-order chi connectivity index (χ1) is 28.3. The Bertz CT molecular complexity index is 3470. The van der Waals surface area contributed by atoms with E-state index < -0.39 is 0 Å². The minimum atomic E-state index is 0.552. The first-order valence-corrected chi connectivity index (χ1v) is 19.1. The van der Waals surface area contributed by atoms with Gasteiger partial charge in [-0.15, -0.1) is 0 Å². The Labute approximate surface area is 326 Å². The molecular weight excluding hydrogens is 699 g/mol. The fourth-order valence-electron chi connectivity index (χ4n) is 8.59. The molecule has 266 valence electrons. The maximum absolute atomic E-state index is 6.85. The van der Waals surface area contributed by atoms with E-state index in [-0.39, 0.29) is 0 Å². The quantitative estimate of drug-likeness (QED) is 0.177. The fraction of sp³-hybridized carbons (Fsp3) is 0. The Balaban J connectivity index is 1.06. The van der Waals surface area contributed by atoms with Crippen molar-refractivity contribution in [3.63, 3.8) is 0 Å². The molecular formula is C51H31N5O. The second kappa shape index (κ2) is 12.3. The highest BCUT2D eigenvalue weighted by atomic mass is 16.3. The van der Waals surface area contributed by atoms with Gasteiger partial charge in [0, 0.05) is 43.4 Å². The highest BCUT2D eigenvalue weighted by Gasteiger charge is 2.21. The van der Waals surface area contributed by atoms with Crippen molar-refractivity contribution in [2.24, 2.45) is 0 Å². The maximum Gasteiger partial charge on any atom is 0.238 e. The number of hydrogen-bond acceptors (Lipinski definition) is 4. The molecule has 0 bridgehead atoms. The van der Waals surface area contributed by atoms with Crippen molar-refractivity contribution in [1.29, 1.82) is 0 Å². The number of aromatic nitrogens is 5. The lowest BCUT2D eigenvalue weighted by atomic mass is 10.0. The Morgan fingerprint density at radius 3 is 1.58 bits per heavy atom. The molecule has 0 unspecified atom stereocenters. The molecule has 4 aromatic heterocycles. The van der Waals surface area contributed by atoms with E-state index in [1.807, 2.05) is 36.4 Å². The molecule has 0 radical (unpaired) electrons. The van der Waals surface area contributed by atoms with Crippen molar-refractivity contribution < 1.29 is 4.42 Å². The summed E-state index contributed by atoms with van der Waals surface area (Å²) in [4.78, 5) is 15.5. The van der Waals surface area contributed by atoms with Gasteiger partial charge in [-0.3, -0.25) is 4.57 Å². The SMILES string of the molecule is c1ccc(-c2ccc3c(c2)c2ccccc2n3-c2nc(-c3ccccc3)nc(-c3ccc4c(c3)oc3c(-n5c6ccccc6c6ccccc65)cccc34)n2)cc1. The summed E-state index contributed by atoms with van der Waals surface area (Å²) in [6, 6.07) is 65.5. The van der Waals surface area contributed by atoms with E-state index >= 15 is 0 Å². The molecule has 12 aromatic rings. The molecule has 0 aliphatic heterocycles. The minimum absolute atomic E-state index is 0.552. The van der Waals surface area contributed by atoms with Gasteiger partial charge >= 0.3 is 0 Å². The van der Waals surface area contributed by atoms with E-state index in [9.17, 15) is 0 Å². The number of hydrogen-bond donors (Lipinski definition) is 0. The van der Waals surface area contributed by atoms with E-state index in [1.165, 1.54) is 16.3 Å². The predicted molar refractivity (Wildman–Crippen MR) is 232 cm³/mol. The van der Waals surface area contributed by atoms with Crippen LogP contribution in [0.4, 0.5) is 0 Å². The second-order valence-corrected chi connectivity index (χ2v) is 14.4. The molecule has 0 aliphatic carbocycles. The van der Waals surface area contributed by atoms with Gasteiger partial charge in [0.25, 0.3) is 0 Å². The third-order valence-electron chi connectivity index (χ3n) is 11.2. The molecule has 6 heteroatoms. The van der Waals surface area contributed by atoms with Crippen molar-refractivity contribution in [3.8, 4) is 45.5 Å². The van der Waals surface area contributed by atoms with E-state index in [4.69, 9.17) is 19.4 Å². The number of para-hydroxylation sites is 4. The van der Waals surface area contributed by atoms with Crippen LogP contribution in [-0.4, -0.2) is 24.1 Å². The molecule has 0 saturated carbocycles. The van der Waals surface area contributed by atoms with Crippen LogP contribution in [0.2, 0.25) is 0 Å². The molecule has 8 aromatic carbocycles. The third-order valence-corrected chi connectivity index (χ3v) is 11.2. The number of benzene rings is 8. The Kier molecular flexibility index (Phi) is 6.83. The molecule has 12 rings (SSSR count). The van der Waals surface area contributed by atoms with Gasteiger partial charge in [-0.1, -0.05) is 140 Å². The maximum atomic E-state index is 6.85. The van der Waals surface area contributed by atoms with Crippen molar-refractivity contribution in [1.82, 2.24) is 24.1 Å². The van der Waals surface area contributed by atoms with Gasteiger partial charge in [-0.25, -0.2) is 4.98 Å². The molecule has 0 N–H and O–H groups in total. The average Bonchev–Trinajstić information content (AvgIpc) is 3.94. The largest absolute Gasteiger partial charge is 0.454 e. The summed E-state index contributed by atoms with van der Waals surface area (Å²) in [5, 5.41) is 6.78. The number of furan rings is 1. The zero-order chi connectivity index (χ0) is 37.5. The molecule has 0 spiro atoms. The van der Waals surface area contributed by atoms with Gasteiger partial charge in [0.15, 0.2) is 17.2 Å². The summed E-state index contributed by atoms with van der Waals surface area (Å²) < 4.78 is 11.3. The lowest BCUT2D eigenvalue weighted by Crippen LogP contribution is -2.06. The summed E-state index contributed by atoms with van der Waals surface area (Å²) in [6.45, 7) is 0. The van der Waals surface area contributed by atoms with E-state index in [2.05, 4.69) is 161 Å². The lowest BCUT2D eigenvalue weighted by molar-refractivity contribution is 0.666. The first kappa shape index (κ1) is 31.5. The normalized spacial score (nSPS) is 11.9. The zero-order valence-corrected chi connectivity index (χ0v) is 30.5. The Morgan fingerprint density at radius 2 is 0.877 bits per heavy atom. The molecule has 6 nitrogen and oxygen atoms in total. The second-order valence-electron chi connectivity index (χ2n) is 14.4.